The minimum atomic E-state index is 0.633. The molecule has 20 heavy (non-hydrogen) atoms. The van der Waals surface area contributed by atoms with E-state index in [9.17, 15) is 4.79 Å². The van der Waals surface area contributed by atoms with Crippen LogP contribution < -0.4 is 4.74 Å². The third-order valence-corrected chi connectivity index (χ3v) is 3.17. The Labute approximate surface area is 119 Å². The molecule has 2 rings (SSSR count). The van der Waals surface area contributed by atoms with Crippen LogP contribution in [0.5, 0.6) is 5.75 Å². The molecule has 104 valence electrons. The summed E-state index contributed by atoms with van der Waals surface area (Å²) in [4.78, 5) is 15.2. The molecular formula is C17H19NO2. The van der Waals surface area contributed by atoms with Crippen molar-refractivity contribution in [3.05, 3.63) is 47.7 Å². The molecule has 0 aliphatic carbocycles. The van der Waals surface area contributed by atoms with Gasteiger partial charge in [-0.3, -0.25) is 9.78 Å². The van der Waals surface area contributed by atoms with E-state index in [2.05, 4.69) is 11.9 Å². The van der Waals surface area contributed by atoms with Crippen molar-refractivity contribution < 1.29 is 9.53 Å². The summed E-state index contributed by atoms with van der Waals surface area (Å²) in [5.41, 5.74) is 3.27. The molecule has 3 heteroatoms. The lowest BCUT2D eigenvalue weighted by Gasteiger charge is -2.07. The largest absolute Gasteiger partial charge is 0.494 e. The van der Waals surface area contributed by atoms with E-state index in [0.29, 0.717) is 5.56 Å². The fraction of sp³-hybridized carbons (Fsp3) is 0.294. The van der Waals surface area contributed by atoms with Crippen molar-refractivity contribution >= 4 is 6.29 Å². The molecule has 0 radical (unpaired) electrons. The van der Waals surface area contributed by atoms with Crippen LogP contribution in [0.2, 0.25) is 0 Å². The average Bonchev–Trinajstić information content (AvgIpc) is 2.48. The Hall–Kier alpha value is -2.16. The maximum absolute atomic E-state index is 10.8. The SMILES string of the molecule is CCCCOc1ccc(-c2ccc(C=O)c(C)n2)cc1. The highest BCUT2D eigenvalue weighted by Crippen LogP contribution is 2.22. The van der Waals surface area contributed by atoms with Crippen LogP contribution in [0.4, 0.5) is 0 Å². The maximum Gasteiger partial charge on any atom is 0.151 e. The zero-order valence-electron chi connectivity index (χ0n) is 11.9. The number of hydrogen-bond donors (Lipinski definition) is 0. The van der Waals surface area contributed by atoms with Crippen LogP contribution in [0.3, 0.4) is 0 Å². The van der Waals surface area contributed by atoms with Crippen molar-refractivity contribution in [1.82, 2.24) is 4.98 Å². The number of ether oxygens (including phenoxy) is 1. The van der Waals surface area contributed by atoms with Crippen molar-refractivity contribution in [2.24, 2.45) is 0 Å². The van der Waals surface area contributed by atoms with Crippen molar-refractivity contribution in [3.63, 3.8) is 0 Å². The highest BCUT2D eigenvalue weighted by atomic mass is 16.5. The second-order valence-electron chi connectivity index (χ2n) is 4.72. The van der Waals surface area contributed by atoms with Crippen LogP contribution in [0.1, 0.15) is 35.8 Å². The number of aromatic nitrogens is 1. The second kappa shape index (κ2) is 6.85. The zero-order valence-corrected chi connectivity index (χ0v) is 11.9. The Balaban J connectivity index is 2.13. The van der Waals surface area contributed by atoms with Gasteiger partial charge >= 0.3 is 0 Å². The lowest BCUT2D eigenvalue weighted by atomic mass is 10.1. The van der Waals surface area contributed by atoms with Crippen molar-refractivity contribution in [2.75, 3.05) is 6.61 Å². The van der Waals surface area contributed by atoms with Gasteiger partial charge < -0.3 is 4.74 Å². The van der Waals surface area contributed by atoms with Gasteiger partial charge in [0, 0.05) is 16.8 Å². The average molecular weight is 269 g/mol. The van der Waals surface area contributed by atoms with Crippen molar-refractivity contribution in [3.8, 4) is 17.0 Å². The van der Waals surface area contributed by atoms with Gasteiger partial charge in [-0.2, -0.15) is 0 Å². The van der Waals surface area contributed by atoms with Gasteiger partial charge in [0.1, 0.15) is 5.75 Å². The quantitative estimate of drug-likeness (QED) is 0.586. The molecule has 2 aromatic rings. The van der Waals surface area contributed by atoms with E-state index in [4.69, 9.17) is 4.74 Å². The molecule has 1 aromatic carbocycles. The normalized spacial score (nSPS) is 10.3. The molecule has 3 nitrogen and oxygen atoms in total. The lowest BCUT2D eigenvalue weighted by Crippen LogP contribution is -1.96. The number of carbonyl (C=O) groups is 1. The molecule has 0 bridgehead atoms. The Morgan fingerprint density at radius 3 is 2.50 bits per heavy atom. The van der Waals surface area contributed by atoms with Gasteiger partial charge in [0.15, 0.2) is 6.29 Å². The minimum Gasteiger partial charge on any atom is -0.494 e. The number of aryl methyl sites for hydroxylation is 1. The summed E-state index contributed by atoms with van der Waals surface area (Å²) in [5, 5.41) is 0. The molecule has 0 amide bonds. The smallest absolute Gasteiger partial charge is 0.151 e. The van der Waals surface area contributed by atoms with Crippen LogP contribution in [0.15, 0.2) is 36.4 Å². The van der Waals surface area contributed by atoms with Gasteiger partial charge in [-0.15, -0.1) is 0 Å². The maximum atomic E-state index is 10.8. The first-order chi connectivity index (χ1) is 9.74. The molecule has 0 fully saturated rings. The van der Waals surface area contributed by atoms with Crippen LogP contribution in [-0.4, -0.2) is 17.9 Å². The lowest BCUT2D eigenvalue weighted by molar-refractivity contribution is 0.112. The molecule has 1 heterocycles. The van der Waals surface area contributed by atoms with Crippen LogP contribution in [-0.2, 0) is 0 Å². The van der Waals surface area contributed by atoms with E-state index < -0.39 is 0 Å². The van der Waals surface area contributed by atoms with Crippen molar-refractivity contribution in [2.45, 2.75) is 26.7 Å². The predicted octanol–water partition coefficient (Wildman–Crippen LogP) is 4.05. The van der Waals surface area contributed by atoms with Crippen LogP contribution in [0, 0.1) is 6.92 Å². The molecule has 0 atom stereocenters. The third kappa shape index (κ3) is 3.44. The number of rotatable bonds is 6. The van der Waals surface area contributed by atoms with E-state index in [1.807, 2.05) is 37.3 Å². The first-order valence-corrected chi connectivity index (χ1v) is 6.90. The summed E-state index contributed by atoms with van der Waals surface area (Å²) in [6, 6.07) is 11.6. The predicted molar refractivity (Wildman–Crippen MR) is 80.2 cm³/mol. The fourth-order valence-electron chi connectivity index (χ4n) is 1.91. The number of benzene rings is 1. The number of carbonyl (C=O) groups excluding carboxylic acids is 1. The van der Waals surface area contributed by atoms with Gasteiger partial charge in [0.05, 0.1) is 12.3 Å². The first kappa shape index (κ1) is 14.3. The number of aldehydes is 1. The topological polar surface area (TPSA) is 39.2 Å². The molecule has 0 unspecified atom stereocenters. The van der Waals surface area contributed by atoms with E-state index in [1.54, 1.807) is 6.07 Å². The van der Waals surface area contributed by atoms with Gasteiger partial charge in [0.2, 0.25) is 0 Å². The second-order valence-corrected chi connectivity index (χ2v) is 4.72. The molecule has 0 aliphatic heterocycles. The Bertz CT molecular complexity index is 576. The van der Waals surface area contributed by atoms with E-state index in [0.717, 1.165) is 48.4 Å². The zero-order chi connectivity index (χ0) is 14.4. The molecule has 0 N–H and O–H groups in total. The van der Waals surface area contributed by atoms with Crippen LogP contribution in [0.25, 0.3) is 11.3 Å². The Morgan fingerprint density at radius 2 is 1.90 bits per heavy atom. The fourth-order valence-corrected chi connectivity index (χ4v) is 1.91. The van der Waals surface area contributed by atoms with Gasteiger partial charge in [-0.25, -0.2) is 0 Å². The third-order valence-electron chi connectivity index (χ3n) is 3.17. The summed E-state index contributed by atoms with van der Waals surface area (Å²) < 4.78 is 5.63. The van der Waals surface area contributed by atoms with Crippen molar-refractivity contribution in [1.29, 1.82) is 0 Å². The Morgan fingerprint density at radius 1 is 1.15 bits per heavy atom. The molecule has 0 aliphatic rings. The van der Waals surface area contributed by atoms with Gasteiger partial charge in [-0.05, 0) is 49.7 Å². The molecule has 1 aromatic heterocycles. The number of unbranched alkanes of at least 4 members (excludes halogenated alkanes) is 1. The highest BCUT2D eigenvalue weighted by molar-refractivity contribution is 5.77. The van der Waals surface area contributed by atoms with E-state index in [1.165, 1.54) is 0 Å². The van der Waals surface area contributed by atoms with Gasteiger partial charge in [0.25, 0.3) is 0 Å². The minimum absolute atomic E-state index is 0.633. The van der Waals surface area contributed by atoms with Crippen LogP contribution >= 0.6 is 0 Å². The summed E-state index contributed by atoms with van der Waals surface area (Å²) in [7, 11) is 0. The summed E-state index contributed by atoms with van der Waals surface area (Å²) >= 11 is 0. The van der Waals surface area contributed by atoms with E-state index >= 15 is 0 Å². The summed E-state index contributed by atoms with van der Waals surface area (Å²) in [5.74, 6) is 0.878. The monoisotopic (exact) mass is 269 g/mol. The highest BCUT2D eigenvalue weighted by Gasteiger charge is 2.03. The first-order valence-electron chi connectivity index (χ1n) is 6.90. The molecule has 0 saturated heterocycles. The summed E-state index contributed by atoms with van der Waals surface area (Å²) in [6.07, 6.45) is 3.02. The Kier molecular flexibility index (Phi) is 4.88. The number of nitrogens with zero attached hydrogens (tertiary/aromatic N) is 1. The van der Waals surface area contributed by atoms with E-state index in [-0.39, 0.29) is 0 Å². The molecule has 0 saturated carbocycles. The molecular weight excluding hydrogens is 250 g/mol. The van der Waals surface area contributed by atoms with Gasteiger partial charge in [-0.1, -0.05) is 13.3 Å². The number of pyridine rings is 1. The summed E-state index contributed by atoms with van der Waals surface area (Å²) in [6.45, 7) is 4.74. The standard InChI is InChI=1S/C17H19NO2/c1-3-4-11-20-16-8-5-14(6-9-16)17-10-7-15(12-19)13(2)18-17/h5-10,12H,3-4,11H2,1-2H3. The molecule has 0 spiro atoms. The number of hydrogen-bond acceptors (Lipinski definition) is 3.